The van der Waals surface area contributed by atoms with E-state index in [1.165, 1.54) is 10.9 Å². The Balaban J connectivity index is 2.20. The number of carbonyl (C=O) groups is 1. The second-order valence-corrected chi connectivity index (χ2v) is 3.03. The first-order chi connectivity index (χ1) is 6.92. The molecule has 0 aliphatic rings. The van der Waals surface area contributed by atoms with Crippen molar-refractivity contribution in [2.75, 3.05) is 6.61 Å². The van der Waals surface area contributed by atoms with Crippen LogP contribution in [0.5, 0.6) is 0 Å². The Hall–Kier alpha value is -1.77. The molecule has 0 saturated carbocycles. The molecule has 0 amide bonds. The van der Waals surface area contributed by atoms with Crippen LogP contribution in [0.3, 0.4) is 0 Å². The predicted molar refractivity (Wildman–Crippen MR) is 54.0 cm³/mol. The van der Waals surface area contributed by atoms with Gasteiger partial charge in [0.05, 0.1) is 6.54 Å². The first-order valence-corrected chi connectivity index (χ1v) is 4.51. The predicted octanol–water partition coefficient (Wildman–Crippen LogP) is 1.81. The van der Waals surface area contributed by atoms with E-state index >= 15 is 0 Å². The van der Waals surface area contributed by atoms with E-state index in [0.717, 1.165) is 0 Å². The number of para-hydroxylation sites is 1. The van der Waals surface area contributed by atoms with Crippen molar-refractivity contribution in [3.63, 3.8) is 0 Å². The summed E-state index contributed by atoms with van der Waals surface area (Å²) in [5.41, 5.74) is 1.17. The van der Waals surface area contributed by atoms with Crippen molar-refractivity contribution < 1.29 is 9.53 Å². The minimum atomic E-state index is 0.419. The zero-order valence-corrected chi connectivity index (χ0v) is 7.72. The van der Waals surface area contributed by atoms with E-state index in [0.29, 0.717) is 19.6 Å². The zero-order chi connectivity index (χ0) is 9.80. The number of fused-ring (bicyclic) bond motifs is 1. The molecule has 3 nitrogen and oxygen atoms in total. The van der Waals surface area contributed by atoms with Crippen LogP contribution in [0.4, 0.5) is 0 Å². The summed E-state index contributed by atoms with van der Waals surface area (Å²) in [7, 11) is 0. The van der Waals surface area contributed by atoms with Crippen LogP contribution >= 0.6 is 0 Å². The molecule has 1 heterocycles. The van der Waals surface area contributed by atoms with Crippen LogP contribution in [0.15, 0.2) is 36.5 Å². The number of carbonyl (C=O) groups excluding carboxylic acids is 1. The van der Waals surface area contributed by atoms with Crippen molar-refractivity contribution in [2.45, 2.75) is 6.54 Å². The molecule has 1 aromatic carbocycles. The molecule has 0 N–H and O–H groups in total. The van der Waals surface area contributed by atoms with Gasteiger partial charge in [0.15, 0.2) is 0 Å². The standard InChI is InChI=1S/C11H11NO2/c13-9-14-8-7-12-6-5-10-3-1-2-4-11(10)12/h1-6,9H,7-8H2. The second kappa shape index (κ2) is 3.96. The molecule has 0 bridgehead atoms. The Labute approximate surface area is 81.9 Å². The lowest BCUT2D eigenvalue weighted by Crippen LogP contribution is -2.03. The van der Waals surface area contributed by atoms with Crippen molar-refractivity contribution in [1.82, 2.24) is 4.57 Å². The van der Waals surface area contributed by atoms with Gasteiger partial charge in [-0.05, 0) is 17.5 Å². The Kier molecular flexibility index (Phi) is 2.49. The molecule has 0 spiro atoms. The van der Waals surface area contributed by atoms with Gasteiger partial charge in [0.25, 0.3) is 6.47 Å². The highest BCUT2D eigenvalue weighted by Gasteiger charge is 1.98. The van der Waals surface area contributed by atoms with E-state index in [2.05, 4.69) is 27.5 Å². The summed E-state index contributed by atoms with van der Waals surface area (Å²) in [5, 5.41) is 1.21. The molecule has 0 saturated heterocycles. The maximum atomic E-state index is 9.97. The highest BCUT2D eigenvalue weighted by atomic mass is 16.5. The van der Waals surface area contributed by atoms with Gasteiger partial charge in [-0.1, -0.05) is 18.2 Å². The van der Waals surface area contributed by atoms with Crippen molar-refractivity contribution in [3.05, 3.63) is 36.5 Å². The third kappa shape index (κ3) is 1.62. The number of rotatable bonds is 4. The van der Waals surface area contributed by atoms with Crippen molar-refractivity contribution in [2.24, 2.45) is 0 Å². The average Bonchev–Trinajstić information content (AvgIpc) is 2.63. The van der Waals surface area contributed by atoms with Crippen LogP contribution in [0.2, 0.25) is 0 Å². The van der Waals surface area contributed by atoms with E-state index in [-0.39, 0.29) is 0 Å². The van der Waals surface area contributed by atoms with Crippen LogP contribution in [-0.2, 0) is 16.1 Å². The number of aromatic nitrogens is 1. The molecule has 2 aromatic rings. The first-order valence-electron chi connectivity index (χ1n) is 4.51. The van der Waals surface area contributed by atoms with Gasteiger partial charge in [-0.2, -0.15) is 0 Å². The quantitative estimate of drug-likeness (QED) is 0.542. The Bertz CT molecular complexity index is 434. The zero-order valence-electron chi connectivity index (χ0n) is 7.72. The molecule has 0 aliphatic heterocycles. The van der Waals surface area contributed by atoms with Crippen LogP contribution in [0.25, 0.3) is 10.9 Å². The lowest BCUT2D eigenvalue weighted by molar-refractivity contribution is -0.128. The van der Waals surface area contributed by atoms with E-state index in [9.17, 15) is 4.79 Å². The SMILES string of the molecule is O=COCCn1ccc2ccccc21. The molecular formula is C11H11NO2. The van der Waals surface area contributed by atoms with E-state index in [1.807, 2.05) is 18.3 Å². The van der Waals surface area contributed by atoms with Gasteiger partial charge < -0.3 is 9.30 Å². The van der Waals surface area contributed by atoms with Gasteiger partial charge in [0.2, 0.25) is 0 Å². The number of hydrogen-bond acceptors (Lipinski definition) is 2. The van der Waals surface area contributed by atoms with Crippen molar-refractivity contribution in [3.8, 4) is 0 Å². The summed E-state index contributed by atoms with van der Waals surface area (Å²) in [6.07, 6.45) is 2.00. The van der Waals surface area contributed by atoms with Gasteiger partial charge in [-0.15, -0.1) is 0 Å². The summed E-state index contributed by atoms with van der Waals surface area (Å²) >= 11 is 0. The van der Waals surface area contributed by atoms with Crippen molar-refractivity contribution in [1.29, 1.82) is 0 Å². The fourth-order valence-electron chi connectivity index (χ4n) is 1.53. The summed E-state index contributed by atoms with van der Waals surface area (Å²) < 4.78 is 6.72. The minimum Gasteiger partial charge on any atom is -0.466 e. The largest absolute Gasteiger partial charge is 0.466 e. The second-order valence-electron chi connectivity index (χ2n) is 3.03. The normalized spacial score (nSPS) is 10.3. The molecule has 0 fully saturated rings. The molecule has 2 rings (SSSR count). The lowest BCUT2D eigenvalue weighted by Gasteiger charge is -2.03. The number of nitrogens with zero attached hydrogens (tertiary/aromatic N) is 1. The molecular weight excluding hydrogens is 178 g/mol. The molecule has 3 heteroatoms. The highest BCUT2D eigenvalue weighted by molar-refractivity contribution is 5.79. The summed E-state index contributed by atoms with van der Waals surface area (Å²) in [4.78, 5) is 9.97. The van der Waals surface area contributed by atoms with E-state index in [4.69, 9.17) is 0 Å². The van der Waals surface area contributed by atoms with Crippen molar-refractivity contribution >= 4 is 17.4 Å². The third-order valence-electron chi connectivity index (χ3n) is 2.20. The molecule has 1 aromatic heterocycles. The third-order valence-corrected chi connectivity index (χ3v) is 2.20. The van der Waals surface area contributed by atoms with Crippen LogP contribution in [-0.4, -0.2) is 17.6 Å². The molecule has 0 unspecified atom stereocenters. The number of benzene rings is 1. The summed E-state index contributed by atoms with van der Waals surface area (Å²) in [6, 6.07) is 10.2. The average molecular weight is 189 g/mol. The van der Waals surface area contributed by atoms with E-state index < -0.39 is 0 Å². The molecule has 0 atom stereocenters. The first kappa shape index (κ1) is 8.81. The smallest absolute Gasteiger partial charge is 0.293 e. The summed E-state index contributed by atoms with van der Waals surface area (Å²) in [6.45, 7) is 1.60. The number of hydrogen-bond donors (Lipinski definition) is 0. The van der Waals surface area contributed by atoms with Gasteiger partial charge in [-0.3, -0.25) is 4.79 Å². The molecule has 72 valence electrons. The van der Waals surface area contributed by atoms with Crippen LogP contribution in [0.1, 0.15) is 0 Å². The topological polar surface area (TPSA) is 31.2 Å². The summed E-state index contributed by atoms with van der Waals surface area (Å²) in [5.74, 6) is 0. The Morgan fingerprint density at radius 3 is 3.00 bits per heavy atom. The maximum absolute atomic E-state index is 9.97. The Morgan fingerprint density at radius 2 is 2.14 bits per heavy atom. The number of ether oxygens (including phenoxy) is 1. The highest BCUT2D eigenvalue weighted by Crippen LogP contribution is 2.14. The maximum Gasteiger partial charge on any atom is 0.293 e. The van der Waals surface area contributed by atoms with Crippen LogP contribution < -0.4 is 0 Å². The molecule has 0 radical (unpaired) electrons. The monoisotopic (exact) mass is 189 g/mol. The van der Waals surface area contributed by atoms with Crippen LogP contribution in [0, 0.1) is 0 Å². The van der Waals surface area contributed by atoms with Gasteiger partial charge >= 0.3 is 0 Å². The minimum absolute atomic E-state index is 0.419. The lowest BCUT2D eigenvalue weighted by atomic mass is 10.2. The fourth-order valence-corrected chi connectivity index (χ4v) is 1.53. The van der Waals surface area contributed by atoms with E-state index in [1.54, 1.807) is 0 Å². The van der Waals surface area contributed by atoms with Gasteiger partial charge in [0, 0.05) is 11.7 Å². The van der Waals surface area contributed by atoms with Gasteiger partial charge in [0.1, 0.15) is 6.61 Å². The molecule has 14 heavy (non-hydrogen) atoms. The molecule has 0 aliphatic carbocycles. The Morgan fingerprint density at radius 1 is 1.29 bits per heavy atom. The fraction of sp³-hybridized carbons (Fsp3) is 0.182. The van der Waals surface area contributed by atoms with Gasteiger partial charge in [-0.25, -0.2) is 0 Å².